The van der Waals surface area contributed by atoms with Gasteiger partial charge in [-0.2, -0.15) is 0 Å². The first-order valence-electron chi connectivity index (χ1n) is 14.3. The van der Waals surface area contributed by atoms with E-state index in [1.54, 1.807) is 24.3 Å². The molecule has 14 heteroatoms. The average molecular weight is 657 g/mol. The first kappa shape index (κ1) is 36.2. The zero-order valence-corrected chi connectivity index (χ0v) is 26.9. The molecule has 47 heavy (non-hydrogen) atoms. The minimum atomic E-state index is -1.56. The minimum Gasteiger partial charge on any atom is -0.497 e. The van der Waals surface area contributed by atoms with Crippen LogP contribution in [0.5, 0.6) is 17.2 Å². The van der Waals surface area contributed by atoms with Gasteiger partial charge < -0.3 is 37.9 Å². The van der Waals surface area contributed by atoms with E-state index in [-0.39, 0.29) is 22.6 Å². The first-order valence-corrected chi connectivity index (χ1v) is 14.3. The number of hydrogen-bond donors (Lipinski definition) is 0. The van der Waals surface area contributed by atoms with Crippen LogP contribution in [0, 0.1) is 0 Å². The van der Waals surface area contributed by atoms with E-state index in [0.29, 0.717) is 11.3 Å². The Balaban J connectivity index is 2.26. The molecular formula is C33H36O14. The van der Waals surface area contributed by atoms with E-state index in [2.05, 4.69) is 0 Å². The van der Waals surface area contributed by atoms with Crippen molar-refractivity contribution in [1.29, 1.82) is 0 Å². The van der Waals surface area contributed by atoms with E-state index in [9.17, 15) is 28.8 Å². The van der Waals surface area contributed by atoms with Crippen molar-refractivity contribution in [2.75, 3.05) is 20.8 Å². The van der Waals surface area contributed by atoms with Gasteiger partial charge in [0.1, 0.15) is 30.3 Å². The maximum absolute atomic E-state index is 13.6. The zero-order chi connectivity index (χ0) is 34.8. The fourth-order valence-electron chi connectivity index (χ4n) is 4.91. The third-order valence-corrected chi connectivity index (χ3v) is 6.71. The molecule has 1 fully saturated rings. The zero-order valence-electron chi connectivity index (χ0n) is 26.9. The van der Waals surface area contributed by atoms with Crippen molar-refractivity contribution in [2.24, 2.45) is 0 Å². The lowest BCUT2D eigenvalue weighted by molar-refractivity contribution is -0.254. The molecule has 1 aliphatic heterocycles. The maximum atomic E-state index is 13.6. The molecule has 0 spiro atoms. The molecule has 0 unspecified atom stereocenters. The molecular weight excluding hydrogens is 620 g/mol. The van der Waals surface area contributed by atoms with Crippen molar-refractivity contribution in [3.05, 3.63) is 59.2 Å². The van der Waals surface area contributed by atoms with Crippen LogP contribution in [0.3, 0.4) is 0 Å². The quantitative estimate of drug-likeness (QED) is 0.107. The number of rotatable bonds is 12. The molecule has 2 aromatic carbocycles. The highest BCUT2D eigenvalue weighted by Gasteiger charge is 2.54. The maximum Gasteiger partial charge on any atom is 0.308 e. The largest absolute Gasteiger partial charge is 0.497 e. The Kier molecular flexibility index (Phi) is 12.6. The highest BCUT2D eigenvalue weighted by Crippen LogP contribution is 2.46. The molecule has 14 nitrogen and oxygen atoms in total. The normalized spacial score (nSPS) is 20.4. The third kappa shape index (κ3) is 9.63. The number of allylic oxidation sites excluding steroid dienone is 1. The Morgan fingerprint density at radius 3 is 1.83 bits per heavy atom. The lowest BCUT2D eigenvalue weighted by atomic mass is 9.88. The van der Waals surface area contributed by atoms with Gasteiger partial charge in [0.15, 0.2) is 29.8 Å². The highest BCUT2D eigenvalue weighted by molar-refractivity contribution is 6.09. The van der Waals surface area contributed by atoms with Gasteiger partial charge in [-0.3, -0.25) is 28.8 Å². The summed E-state index contributed by atoms with van der Waals surface area (Å²) in [4.78, 5) is 74.7. The Labute approximate surface area is 270 Å². The number of carbonyl (C=O) groups is 6. The number of ether oxygens (including phenoxy) is 8. The monoisotopic (exact) mass is 656 g/mol. The molecule has 0 saturated carbocycles. The van der Waals surface area contributed by atoms with Crippen LogP contribution in [0.15, 0.2) is 42.5 Å². The van der Waals surface area contributed by atoms with Crippen molar-refractivity contribution < 1.29 is 66.7 Å². The molecule has 0 bridgehead atoms. The Hall–Kier alpha value is -5.24. The second kappa shape index (κ2) is 16.4. The molecule has 0 aromatic heterocycles. The summed E-state index contributed by atoms with van der Waals surface area (Å²) in [6, 6.07) is 9.66. The van der Waals surface area contributed by atoms with Crippen LogP contribution in [-0.2, 0) is 47.7 Å². The van der Waals surface area contributed by atoms with Crippen LogP contribution < -0.4 is 14.2 Å². The topological polar surface area (TPSA) is 176 Å². The predicted molar refractivity (Wildman–Crippen MR) is 162 cm³/mol. The summed E-state index contributed by atoms with van der Waals surface area (Å²) in [5, 5.41) is 0. The van der Waals surface area contributed by atoms with Crippen molar-refractivity contribution in [1.82, 2.24) is 0 Å². The summed E-state index contributed by atoms with van der Waals surface area (Å²) in [5.74, 6) is -4.26. The lowest BCUT2D eigenvalue weighted by Crippen LogP contribution is -2.59. The van der Waals surface area contributed by atoms with E-state index in [1.165, 1.54) is 38.5 Å². The predicted octanol–water partition coefficient (Wildman–Crippen LogP) is 3.32. The molecule has 0 amide bonds. The molecule has 1 aliphatic rings. The minimum absolute atomic E-state index is 0.0258. The number of ketones is 1. The number of carbonyl (C=O) groups excluding carboxylic acids is 6. The van der Waals surface area contributed by atoms with Gasteiger partial charge in [0.25, 0.3) is 0 Å². The molecule has 0 N–H and O–H groups in total. The molecule has 1 heterocycles. The molecule has 2 aromatic rings. The molecule has 252 valence electrons. The Bertz CT molecular complexity index is 1530. The van der Waals surface area contributed by atoms with Gasteiger partial charge in [-0.25, -0.2) is 0 Å². The summed E-state index contributed by atoms with van der Waals surface area (Å²) in [5.41, 5.74) is 0.485. The molecule has 3 rings (SSSR count). The van der Waals surface area contributed by atoms with Crippen LogP contribution in [0.1, 0.15) is 62.2 Å². The van der Waals surface area contributed by atoms with Gasteiger partial charge in [0, 0.05) is 34.6 Å². The van der Waals surface area contributed by atoms with Crippen LogP contribution in [-0.4, -0.2) is 80.9 Å². The molecule has 5 atom stereocenters. The van der Waals surface area contributed by atoms with Crippen LogP contribution in [0.25, 0.3) is 6.08 Å². The van der Waals surface area contributed by atoms with Crippen molar-refractivity contribution in [3.63, 3.8) is 0 Å². The van der Waals surface area contributed by atoms with Crippen molar-refractivity contribution in [2.45, 2.75) is 65.1 Å². The van der Waals surface area contributed by atoms with E-state index in [0.717, 1.165) is 34.6 Å². The second-order valence-corrected chi connectivity index (χ2v) is 10.2. The first-order chi connectivity index (χ1) is 22.2. The average Bonchev–Trinajstić information content (AvgIpc) is 3.00. The van der Waals surface area contributed by atoms with Crippen LogP contribution in [0.2, 0.25) is 0 Å². The Morgan fingerprint density at radius 1 is 0.702 bits per heavy atom. The number of hydrogen-bond acceptors (Lipinski definition) is 14. The smallest absolute Gasteiger partial charge is 0.308 e. The fourth-order valence-corrected chi connectivity index (χ4v) is 4.91. The van der Waals surface area contributed by atoms with E-state index in [4.69, 9.17) is 37.9 Å². The summed E-state index contributed by atoms with van der Waals surface area (Å²) >= 11 is 0. The van der Waals surface area contributed by atoms with Gasteiger partial charge in [0.2, 0.25) is 0 Å². The number of methoxy groups -OCH3 is 2. The number of esters is 5. The van der Waals surface area contributed by atoms with Crippen LogP contribution in [0.4, 0.5) is 0 Å². The van der Waals surface area contributed by atoms with Crippen molar-refractivity contribution >= 4 is 41.7 Å². The van der Waals surface area contributed by atoms with Gasteiger partial charge in [-0.05, 0) is 35.9 Å². The van der Waals surface area contributed by atoms with Crippen LogP contribution >= 0.6 is 0 Å². The third-order valence-electron chi connectivity index (χ3n) is 6.71. The van der Waals surface area contributed by atoms with Crippen molar-refractivity contribution in [3.8, 4) is 17.2 Å². The lowest BCUT2D eigenvalue weighted by Gasteiger charge is -2.45. The Morgan fingerprint density at radius 2 is 1.30 bits per heavy atom. The van der Waals surface area contributed by atoms with Gasteiger partial charge >= 0.3 is 29.8 Å². The van der Waals surface area contributed by atoms with Gasteiger partial charge in [-0.1, -0.05) is 18.2 Å². The molecule has 0 radical (unpaired) electrons. The van der Waals surface area contributed by atoms with E-state index < -0.39 is 72.8 Å². The van der Waals surface area contributed by atoms with Gasteiger partial charge in [-0.15, -0.1) is 0 Å². The summed E-state index contributed by atoms with van der Waals surface area (Å²) in [6.45, 7) is 5.02. The fraction of sp³-hybridized carbons (Fsp3) is 0.394. The summed E-state index contributed by atoms with van der Waals surface area (Å²) in [6.07, 6.45) is -4.53. The molecule has 0 aliphatic carbocycles. The summed E-state index contributed by atoms with van der Waals surface area (Å²) in [7, 11) is 2.82. The highest BCUT2D eigenvalue weighted by atomic mass is 16.7. The second-order valence-electron chi connectivity index (χ2n) is 10.2. The number of benzene rings is 2. The van der Waals surface area contributed by atoms with Gasteiger partial charge in [0.05, 0.1) is 25.3 Å². The standard InChI is InChI=1S/C33H36O14/c1-17(34)42-16-27-30(44-19(3)36)32(45-20(4)37)33(46-21(5)38)31(47-27)28-26(41-7)15-13-24(29(28)43-18(2)35)25(39)14-10-22-8-11-23(40-6)12-9-22/h8-15,27,30-33H,16H2,1-7H3/b14-10+/t27-,30-,31+,32+,33+/m1/s1. The summed E-state index contributed by atoms with van der Waals surface area (Å²) < 4.78 is 44.3. The van der Waals surface area contributed by atoms with E-state index >= 15 is 0 Å². The van der Waals surface area contributed by atoms with E-state index in [1.807, 2.05) is 0 Å². The molecule has 1 saturated heterocycles. The SMILES string of the molecule is COc1ccc(/C=C/C(=O)c2ccc(OC)c([C@@H]3O[C@H](COC(C)=O)[C@@H](OC(C)=O)[C@H](OC(C)=O)[C@H]3OC(C)=O)c2OC(C)=O)cc1.